The van der Waals surface area contributed by atoms with Gasteiger partial charge in [-0.25, -0.2) is 13.6 Å². The first-order valence-electron chi connectivity index (χ1n) is 6.63. The van der Waals surface area contributed by atoms with Crippen molar-refractivity contribution in [3.05, 3.63) is 36.0 Å². The quantitative estimate of drug-likeness (QED) is 0.937. The van der Waals surface area contributed by atoms with E-state index in [9.17, 15) is 8.42 Å². The number of nitrogens with zero attached hydrogens (tertiary/aromatic N) is 1. The molecule has 2 aromatic rings. The van der Waals surface area contributed by atoms with Crippen molar-refractivity contribution < 1.29 is 8.42 Å². The highest BCUT2D eigenvalue weighted by Crippen LogP contribution is 2.33. The molecular weight excluding hydrogens is 260 g/mol. The predicted molar refractivity (Wildman–Crippen MR) is 76.3 cm³/mol. The molecule has 0 unspecified atom stereocenters. The van der Waals surface area contributed by atoms with E-state index in [-0.39, 0.29) is 5.75 Å². The fourth-order valence-electron chi connectivity index (χ4n) is 3.02. The van der Waals surface area contributed by atoms with E-state index in [0.717, 1.165) is 16.5 Å². The van der Waals surface area contributed by atoms with Gasteiger partial charge in [0.05, 0.1) is 5.75 Å². The van der Waals surface area contributed by atoms with Crippen LogP contribution in [0.3, 0.4) is 0 Å². The molecule has 1 saturated carbocycles. The first-order chi connectivity index (χ1) is 9.03. The Morgan fingerprint density at radius 3 is 2.63 bits per heavy atom. The SMILES string of the molecule is NS(=O)(=O)Cc1ccc2ccn(C3CCCC3)c2c1. The molecule has 0 saturated heterocycles. The summed E-state index contributed by atoms with van der Waals surface area (Å²) in [5.41, 5.74) is 1.88. The van der Waals surface area contributed by atoms with Gasteiger partial charge in [0, 0.05) is 17.8 Å². The van der Waals surface area contributed by atoms with Gasteiger partial charge in [-0.05, 0) is 35.9 Å². The van der Waals surface area contributed by atoms with E-state index in [0.29, 0.717) is 6.04 Å². The largest absolute Gasteiger partial charge is 0.344 e. The molecule has 0 spiro atoms. The van der Waals surface area contributed by atoms with Gasteiger partial charge in [-0.3, -0.25) is 0 Å². The Labute approximate surface area is 113 Å². The van der Waals surface area contributed by atoms with Gasteiger partial charge in [0.25, 0.3) is 0 Å². The van der Waals surface area contributed by atoms with E-state index >= 15 is 0 Å². The van der Waals surface area contributed by atoms with Gasteiger partial charge in [-0.1, -0.05) is 25.0 Å². The molecule has 0 aliphatic heterocycles. The molecule has 0 atom stereocenters. The number of sulfonamides is 1. The second-order valence-corrected chi connectivity index (χ2v) is 6.98. The maximum atomic E-state index is 11.2. The van der Waals surface area contributed by atoms with Crippen LogP contribution in [-0.4, -0.2) is 13.0 Å². The van der Waals surface area contributed by atoms with Crippen LogP contribution < -0.4 is 5.14 Å². The lowest BCUT2D eigenvalue weighted by Crippen LogP contribution is -2.14. The molecule has 1 aliphatic carbocycles. The number of fused-ring (bicyclic) bond motifs is 1. The van der Waals surface area contributed by atoms with Crippen LogP contribution in [0.15, 0.2) is 30.5 Å². The second-order valence-electron chi connectivity index (χ2n) is 5.36. The molecule has 5 heteroatoms. The summed E-state index contributed by atoms with van der Waals surface area (Å²) in [6.45, 7) is 0. The van der Waals surface area contributed by atoms with Crippen LogP contribution in [0.25, 0.3) is 10.9 Å². The molecule has 1 aromatic carbocycles. The van der Waals surface area contributed by atoms with Crippen LogP contribution in [0.4, 0.5) is 0 Å². The summed E-state index contributed by atoms with van der Waals surface area (Å²) in [7, 11) is -3.47. The van der Waals surface area contributed by atoms with Crippen molar-refractivity contribution in [2.24, 2.45) is 5.14 Å². The van der Waals surface area contributed by atoms with Crippen LogP contribution in [0.1, 0.15) is 37.3 Å². The minimum absolute atomic E-state index is 0.0984. The molecule has 102 valence electrons. The Bertz CT molecular complexity index is 697. The number of primary sulfonamides is 1. The summed E-state index contributed by atoms with van der Waals surface area (Å²) in [4.78, 5) is 0. The van der Waals surface area contributed by atoms with Crippen molar-refractivity contribution in [3.63, 3.8) is 0 Å². The summed E-state index contributed by atoms with van der Waals surface area (Å²) in [5, 5.41) is 6.27. The normalized spacial score (nSPS) is 17.3. The highest BCUT2D eigenvalue weighted by Gasteiger charge is 2.18. The lowest BCUT2D eigenvalue weighted by Gasteiger charge is -2.13. The zero-order valence-corrected chi connectivity index (χ0v) is 11.6. The van der Waals surface area contributed by atoms with Crippen LogP contribution in [0, 0.1) is 0 Å². The van der Waals surface area contributed by atoms with Crippen LogP contribution in [0.2, 0.25) is 0 Å². The molecule has 3 rings (SSSR count). The number of hydrogen-bond donors (Lipinski definition) is 1. The summed E-state index contributed by atoms with van der Waals surface area (Å²) >= 11 is 0. The van der Waals surface area contributed by atoms with E-state index in [2.05, 4.69) is 16.8 Å². The first-order valence-corrected chi connectivity index (χ1v) is 8.34. The summed E-state index contributed by atoms with van der Waals surface area (Å²) in [6.07, 6.45) is 7.09. The Balaban J connectivity index is 2.02. The molecule has 0 bridgehead atoms. The van der Waals surface area contributed by atoms with Gasteiger partial charge in [-0.2, -0.15) is 0 Å². The zero-order valence-electron chi connectivity index (χ0n) is 10.7. The third-order valence-electron chi connectivity index (χ3n) is 3.87. The molecule has 4 nitrogen and oxygen atoms in total. The summed E-state index contributed by atoms with van der Waals surface area (Å²) in [6, 6.07) is 8.42. The third kappa shape index (κ3) is 2.67. The topological polar surface area (TPSA) is 65.1 Å². The van der Waals surface area contributed by atoms with E-state index in [1.165, 1.54) is 25.7 Å². The molecule has 2 N–H and O–H groups in total. The van der Waals surface area contributed by atoms with Gasteiger partial charge in [0.2, 0.25) is 10.0 Å². The van der Waals surface area contributed by atoms with Crippen LogP contribution >= 0.6 is 0 Å². The van der Waals surface area contributed by atoms with E-state index in [4.69, 9.17) is 5.14 Å². The van der Waals surface area contributed by atoms with Crippen molar-refractivity contribution >= 4 is 20.9 Å². The maximum Gasteiger partial charge on any atom is 0.213 e. The number of aromatic nitrogens is 1. The third-order valence-corrected chi connectivity index (χ3v) is 4.61. The average Bonchev–Trinajstić information content (AvgIpc) is 2.93. The number of nitrogens with two attached hydrogens (primary N) is 1. The Hall–Kier alpha value is -1.33. The molecule has 1 aromatic heterocycles. The highest BCUT2D eigenvalue weighted by atomic mass is 32.2. The van der Waals surface area contributed by atoms with Gasteiger partial charge in [0.15, 0.2) is 0 Å². The van der Waals surface area contributed by atoms with Crippen molar-refractivity contribution in [2.45, 2.75) is 37.5 Å². The van der Waals surface area contributed by atoms with Gasteiger partial charge < -0.3 is 4.57 Å². The summed E-state index contributed by atoms with van der Waals surface area (Å²) in [5.74, 6) is -0.0984. The Kier molecular flexibility index (Phi) is 3.11. The number of hydrogen-bond acceptors (Lipinski definition) is 2. The first kappa shape index (κ1) is 12.7. The van der Waals surface area contributed by atoms with E-state index < -0.39 is 10.0 Å². The molecule has 1 aliphatic rings. The number of benzene rings is 1. The van der Waals surface area contributed by atoms with Crippen LogP contribution in [0.5, 0.6) is 0 Å². The molecule has 0 amide bonds. The molecule has 1 fully saturated rings. The standard InChI is InChI=1S/C14H18N2O2S/c15-19(17,18)10-11-5-6-12-7-8-16(14(12)9-11)13-3-1-2-4-13/h5-9,13H,1-4,10H2,(H2,15,17,18). The molecule has 0 radical (unpaired) electrons. The minimum atomic E-state index is -3.47. The predicted octanol–water partition coefficient (Wildman–Crippen LogP) is 2.54. The van der Waals surface area contributed by atoms with E-state index in [1.807, 2.05) is 18.2 Å². The molecular formula is C14H18N2O2S. The monoisotopic (exact) mass is 278 g/mol. The van der Waals surface area contributed by atoms with Crippen LogP contribution in [-0.2, 0) is 15.8 Å². The highest BCUT2D eigenvalue weighted by molar-refractivity contribution is 7.88. The Morgan fingerprint density at radius 1 is 1.21 bits per heavy atom. The second kappa shape index (κ2) is 4.65. The lowest BCUT2D eigenvalue weighted by molar-refractivity contribution is 0.535. The lowest BCUT2D eigenvalue weighted by atomic mass is 10.2. The van der Waals surface area contributed by atoms with Gasteiger partial charge in [0.1, 0.15) is 0 Å². The molecule has 1 heterocycles. The smallest absolute Gasteiger partial charge is 0.213 e. The zero-order chi connectivity index (χ0) is 13.5. The fourth-order valence-corrected chi connectivity index (χ4v) is 3.66. The Morgan fingerprint density at radius 2 is 1.95 bits per heavy atom. The summed E-state index contributed by atoms with van der Waals surface area (Å²) < 4.78 is 24.7. The van der Waals surface area contributed by atoms with Crippen molar-refractivity contribution in [1.29, 1.82) is 0 Å². The minimum Gasteiger partial charge on any atom is -0.344 e. The van der Waals surface area contributed by atoms with Gasteiger partial charge in [-0.15, -0.1) is 0 Å². The number of rotatable bonds is 3. The fraction of sp³-hybridized carbons (Fsp3) is 0.429. The van der Waals surface area contributed by atoms with Crippen molar-refractivity contribution in [3.8, 4) is 0 Å². The van der Waals surface area contributed by atoms with Crippen molar-refractivity contribution in [2.75, 3.05) is 0 Å². The maximum absolute atomic E-state index is 11.2. The van der Waals surface area contributed by atoms with Crippen molar-refractivity contribution in [1.82, 2.24) is 4.57 Å². The average molecular weight is 278 g/mol. The van der Waals surface area contributed by atoms with Gasteiger partial charge >= 0.3 is 0 Å². The van der Waals surface area contributed by atoms with E-state index in [1.54, 1.807) is 0 Å². The molecule has 19 heavy (non-hydrogen) atoms.